The molecule has 0 saturated heterocycles. The molecule has 0 spiro atoms. The molecule has 0 aliphatic carbocycles. The van der Waals surface area contributed by atoms with E-state index in [1.807, 2.05) is 43.0 Å². The topological polar surface area (TPSA) is 66.5 Å². The molecule has 1 aliphatic heterocycles. The van der Waals surface area contributed by atoms with Crippen molar-refractivity contribution in [3.8, 4) is 0 Å². The van der Waals surface area contributed by atoms with E-state index in [-0.39, 0.29) is 24.2 Å². The summed E-state index contributed by atoms with van der Waals surface area (Å²) >= 11 is 12.3. The summed E-state index contributed by atoms with van der Waals surface area (Å²) in [6.07, 6.45) is 1.56. The van der Waals surface area contributed by atoms with Crippen molar-refractivity contribution >= 4 is 44.6 Å². The molecule has 0 radical (unpaired) electrons. The summed E-state index contributed by atoms with van der Waals surface area (Å²) < 4.78 is 23.8. The van der Waals surface area contributed by atoms with E-state index in [0.717, 1.165) is 11.1 Å². The van der Waals surface area contributed by atoms with Crippen molar-refractivity contribution < 1.29 is 13.2 Å². The number of hydrogen-bond donors (Lipinski definition) is 1. The van der Waals surface area contributed by atoms with E-state index in [9.17, 15) is 13.2 Å². The molecule has 0 aromatic heterocycles. The van der Waals surface area contributed by atoms with E-state index in [1.54, 1.807) is 18.2 Å². The highest BCUT2D eigenvalue weighted by Gasteiger charge is 2.52. The zero-order valence-corrected chi connectivity index (χ0v) is 18.9. The Morgan fingerprint density at radius 1 is 1.10 bits per heavy atom. The van der Waals surface area contributed by atoms with Gasteiger partial charge in [0.05, 0.1) is 5.75 Å². The monoisotopic (exact) mass is 454 g/mol. The molecule has 156 valence electrons. The first-order valence-corrected chi connectivity index (χ1v) is 12.1. The second kappa shape index (κ2) is 8.26. The van der Waals surface area contributed by atoms with Gasteiger partial charge in [0.15, 0.2) is 0 Å². The van der Waals surface area contributed by atoms with Crippen LogP contribution in [0.1, 0.15) is 25.0 Å². The van der Waals surface area contributed by atoms with Crippen LogP contribution in [0, 0.1) is 0 Å². The lowest BCUT2D eigenvalue weighted by molar-refractivity contribution is -0.129. The van der Waals surface area contributed by atoms with Gasteiger partial charge >= 0.3 is 0 Å². The van der Waals surface area contributed by atoms with Gasteiger partial charge in [0.2, 0.25) is 5.91 Å². The van der Waals surface area contributed by atoms with Crippen molar-refractivity contribution in [3.63, 3.8) is 0 Å². The molecule has 5 nitrogen and oxygen atoms in total. The summed E-state index contributed by atoms with van der Waals surface area (Å²) in [5, 5.41) is 4.06. The van der Waals surface area contributed by atoms with Gasteiger partial charge in [0.1, 0.15) is 15.4 Å². The van der Waals surface area contributed by atoms with Crippen LogP contribution in [0.5, 0.6) is 0 Å². The Bertz CT molecular complexity index is 1040. The number of amides is 1. The van der Waals surface area contributed by atoms with Crippen LogP contribution in [0.3, 0.4) is 0 Å². The van der Waals surface area contributed by atoms with Crippen LogP contribution in [0.15, 0.2) is 42.5 Å². The molecule has 1 amide bonds. The zero-order chi connectivity index (χ0) is 21.4. The van der Waals surface area contributed by atoms with E-state index >= 15 is 0 Å². The SMILES string of the molecule is CC(C)N(CCS(C)(=O)=O)C1(Cc2cccc(Cl)c2)C(=O)Nc2cc(Cl)ccc21. The Balaban J connectivity index is 2.17. The van der Waals surface area contributed by atoms with Crippen LogP contribution in [0.25, 0.3) is 0 Å². The first kappa shape index (κ1) is 22.1. The van der Waals surface area contributed by atoms with Gasteiger partial charge in [0, 0.05) is 46.6 Å². The lowest BCUT2D eigenvalue weighted by Gasteiger charge is -2.42. The van der Waals surface area contributed by atoms with E-state index in [1.165, 1.54) is 6.26 Å². The van der Waals surface area contributed by atoms with E-state index in [4.69, 9.17) is 23.2 Å². The predicted molar refractivity (Wildman–Crippen MR) is 118 cm³/mol. The largest absolute Gasteiger partial charge is 0.324 e. The van der Waals surface area contributed by atoms with E-state index < -0.39 is 15.4 Å². The van der Waals surface area contributed by atoms with Gasteiger partial charge in [0.25, 0.3) is 0 Å². The highest BCUT2D eigenvalue weighted by atomic mass is 35.5. The molecule has 1 atom stereocenters. The predicted octanol–water partition coefficient (Wildman–Crippen LogP) is 4.14. The van der Waals surface area contributed by atoms with Gasteiger partial charge in [-0.15, -0.1) is 0 Å². The molecule has 3 rings (SSSR count). The quantitative estimate of drug-likeness (QED) is 0.682. The van der Waals surface area contributed by atoms with E-state index in [0.29, 0.717) is 22.2 Å². The Morgan fingerprint density at radius 2 is 1.79 bits per heavy atom. The fourth-order valence-corrected chi connectivity index (χ4v) is 4.90. The lowest BCUT2D eigenvalue weighted by atomic mass is 9.82. The molecular formula is C21H24Cl2N2O3S. The number of nitrogens with one attached hydrogen (secondary N) is 1. The van der Waals surface area contributed by atoms with Crippen molar-refractivity contribution in [2.75, 3.05) is 23.9 Å². The highest BCUT2D eigenvalue weighted by Crippen LogP contribution is 2.45. The average molecular weight is 455 g/mol. The van der Waals surface area contributed by atoms with Crippen molar-refractivity contribution in [2.45, 2.75) is 31.8 Å². The molecule has 2 aromatic rings. The molecule has 2 aromatic carbocycles. The zero-order valence-electron chi connectivity index (χ0n) is 16.6. The second-order valence-corrected chi connectivity index (χ2v) is 10.9. The minimum Gasteiger partial charge on any atom is -0.324 e. The molecule has 1 unspecified atom stereocenters. The van der Waals surface area contributed by atoms with E-state index in [2.05, 4.69) is 5.32 Å². The minimum absolute atomic E-state index is 0.0430. The smallest absolute Gasteiger partial charge is 0.249 e. The number of halogens is 2. The maximum atomic E-state index is 13.4. The van der Waals surface area contributed by atoms with Crippen LogP contribution >= 0.6 is 23.2 Å². The Morgan fingerprint density at radius 3 is 2.41 bits per heavy atom. The van der Waals surface area contributed by atoms with Gasteiger partial charge in [-0.25, -0.2) is 8.42 Å². The molecule has 1 heterocycles. The maximum Gasteiger partial charge on any atom is 0.249 e. The van der Waals surface area contributed by atoms with Crippen molar-refractivity contribution in [1.82, 2.24) is 4.90 Å². The number of benzene rings is 2. The van der Waals surface area contributed by atoms with Crippen molar-refractivity contribution in [2.24, 2.45) is 0 Å². The van der Waals surface area contributed by atoms with Crippen LogP contribution in [-0.2, 0) is 26.6 Å². The van der Waals surface area contributed by atoms with Crippen LogP contribution in [0.2, 0.25) is 10.0 Å². The molecule has 29 heavy (non-hydrogen) atoms. The number of anilines is 1. The minimum atomic E-state index is -3.21. The maximum absolute atomic E-state index is 13.4. The highest BCUT2D eigenvalue weighted by molar-refractivity contribution is 7.90. The molecule has 0 fully saturated rings. The number of carbonyl (C=O) groups is 1. The lowest BCUT2D eigenvalue weighted by Crippen LogP contribution is -2.56. The number of sulfone groups is 1. The fraction of sp³-hybridized carbons (Fsp3) is 0.381. The molecule has 0 saturated carbocycles. The number of rotatable bonds is 7. The summed E-state index contributed by atoms with van der Waals surface area (Å²) in [4.78, 5) is 15.4. The third-order valence-corrected chi connectivity index (χ3v) is 6.61. The normalized spacial score (nSPS) is 18.9. The van der Waals surface area contributed by atoms with Gasteiger partial charge in [-0.2, -0.15) is 0 Å². The third kappa shape index (κ3) is 4.61. The summed E-state index contributed by atoms with van der Waals surface area (Å²) in [6, 6.07) is 12.6. The molecule has 1 N–H and O–H groups in total. The molecular weight excluding hydrogens is 431 g/mol. The average Bonchev–Trinajstić information content (AvgIpc) is 2.85. The number of fused-ring (bicyclic) bond motifs is 1. The standard InChI is InChI=1S/C21H24Cl2N2O3S/c1-14(2)25(9-10-29(3,27)28)21(13-15-5-4-6-16(22)11-15)18-8-7-17(23)12-19(18)24-20(21)26/h4-8,11-12,14H,9-10,13H2,1-3H3,(H,24,26). The van der Waals surface area contributed by atoms with Crippen molar-refractivity contribution in [1.29, 1.82) is 0 Å². The molecule has 1 aliphatic rings. The summed E-state index contributed by atoms with van der Waals surface area (Å²) in [6.45, 7) is 4.15. The Labute approximate surface area is 181 Å². The van der Waals surface area contributed by atoms with Crippen LogP contribution < -0.4 is 5.32 Å². The summed E-state index contributed by atoms with van der Waals surface area (Å²) in [7, 11) is -3.21. The van der Waals surface area contributed by atoms with Gasteiger partial charge < -0.3 is 5.32 Å². The Hall–Kier alpha value is -1.60. The molecule has 0 bridgehead atoms. The number of carbonyl (C=O) groups excluding carboxylic acids is 1. The first-order valence-electron chi connectivity index (χ1n) is 9.33. The Kier molecular flexibility index (Phi) is 6.30. The third-order valence-electron chi connectivity index (χ3n) is 5.22. The van der Waals surface area contributed by atoms with Gasteiger partial charge in [-0.1, -0.05) is 41.4 Å². The summed E-state index contributed by atoms with van der Waals surface area (Å²) in [5.41, 5.74) is 1.26. The van der Waals surface area contributed by atoms with Gasteiger partial charge in [-0.05, 0) is 43.7 Å². The second-order valence-electron chi connectivity index (χ2n) is 7.73. The number of hydrogen-bond acceptors (Lipinski definition) is 4. The molecule has 8 heteroatoms. The van der Waals surface area contributed by atoms with Gasteiger partial charge in [-0.3, -0.25) is 9.69 Å². The number of nitrogens with zero attached hydrogens (tertiary/aromatic N) is 1. The summed E-state index contributed by atoms with van der Waals surface area (Å²) in [5.74, 6) is -0.240. The van der Waals surface area contributed by atoms with Crippen LogP contribution in [-0.4, -0.2) is 43.8 Å². The van der Waals surface area contributed by atoms with Crippen LogP contribution in [0.4, 0.5) is 5.69 Å². The fourth-order valence-electron chi connectivity index (χ4n) is 3.99. The first-order chi connectivity index (χ1) is 13.5. The van der Waals surface area contributed by atoms with Crippen molar-refractivity contribution in [3.05, 3.63) is 63.6 Å².